The molecule has 0 aliphatic carbocycles. The van der Waals surface area contributed by atoms with Crippen molar-refractivity contribution in [1.29, 1.82) is 0 Å². The summed E-state index contributed by atoms with van der Waals surface area (Å²) in [6.07, 6.45) is 5.94. The van der Waals surface area contributed by atoms with Gasteiger partial charge >= 0.3 is 0 Å². The van der Waals surface area contributed by atoms with Crippen LogP contribution in [0.2, 0.25) is 0 Å². The second-order valence-electron chi connectivity index (χ2n) is 3.78. The molecule has 0 saturated heterocycles. The van der Waals surface area contributed by atoms with Crippen molar-refractivity contribution in [3.63, 3.8) is 0 Å². The minimum atomic E-state index is 0.672. The molecule has 0 amide bonds. The molecule has 1 heterocycles. The van der Waals surface area contributed by atoms with Crippen molar-refractivity contribution in [2.75, 3.05) is 6.54 Å². The molecule has 0 aliphatic heterocycles. The molecule has 0 fully saturated rings. The van der Waals surface area contributed by atoms with Gasteiger partial charge in [0.1, 0.15) is 5.82 Å². The number of rotatable bonds is 5. The number of imidazole rings is 1. The molecule has 1 aromatic rings. The van der Waals surface area contributed by atoms with Crippen LogP contribution in [0.5, 0.6) is 0 Å². The molecule has 0 aliphatic rings. The summed E-state index contributed by atoms with van der Waals surface area (Å²) in [7, 11) is 0. The SMILES string of the molecule is CC(C)Cn1ccnc1CCCN. The molecule has 74 valence electrons. The van der Waals surface area contributed by atoms with E-state index in [4.69, 9.17) is 5.73 Å². The molecule has 13 heavy (non-hydrogen) atoms. The highest BCUT2D eigenvalue weighted by molar-refractivity contribution is 4.92. The van der Waals surface area contributed by atoms with Crippen molar-refractivity contribution >= 4 is 0 Å². The summed E-state index contributed by atoms with van der Waals surface area (Å²) in [5, 5.41) is 0. The largest absolute Gasteiger partial charge is 0.335 e. The van der Waals surface area contributed by atoms with Gasteiger partial charge in [-0.2, -0.15) is 0 Å². The van der Waals surface area contributed by atoms with Crippen LogP contribution in [0.3, 0.4) is 0 Å². The van der Waals surface area contributed by atoms with E-state index in [0.717, 1.165) is 25.9 Å². The Morgan fingerprint density at radius 3 is 2.92 bits per heavy atom. The van der Waals surface area contributed by atoms with Crippen molar-refractivity contribution < 1.29 is 0 Å². The van der Waals surface area contributed by atoms with Gasteiger partial charge in [-0.1, -0.05) is 13.8 Å². The highest BCUT2D eigenvalue weighted by Crippen LogP contribution is 2.05. The minimum Gasteiger partial charge on any atom is -0.335 e. The van der Waals surface area contributed by atoms with Gasteiger partial charge in [0.2, 0.25) is 0 Å². The van der Waals surface area contributed by atoms with E-state index >= 15 is 0 Å². The highest BCUT2D eigenvalue weighted by Gasteiger charge is 2.03. The molecule has 0 aromatic carbocycles. The summed E-state index contributed by atoms with van der Waals surface area (Å²) < 4.78 is 2.22. The van der Waals surface area contributed by atoms with Crippen LogP contribution in [-0.4, -0.2) is 16.1 Å². The molecule has 2 N–H and O–H groups in total. The fourth-order valence-corrected chi connectivity index (χ4v) is 1.39. The maximum absolute atomic E-state index is 5.46. The van der Waals surface area contributed by atoms with Crippen molar-refractivity contribution in [1.82, 2.24) is 9.55 Å². The van der Waals surface area contributed by atoms with Crippen LogP contribution in [0, 0.1) is 5.92 Å². The van der Waals surface area contributed by atoms with E-state index in [-0.39, 0.29) is 0 Å². The summed E-state index contributed by atoms with van der Waals surface area (Å²) in [5.74, 6) is 1.84. The monoisotopic (exact) mass is 181 g/mol. The van der Waals surface area contributed by atoms with E-state index in [2.05, 4.69) is 23.4 Å². The van der Waals surface area contributed by atoms with Gasteiger partial charge in [-0.15, -0.1) is 0 Å². The standard InChI is InChI=1S/C10H19N3/c1-9(2)8-13-7-6-12-10(13)4-3-5-11/h6-7,9H,3-5,8,11H2,1-2H3. The van der Waals surface area contributed by atoms with Crippen molar-refractivity contribution in [3.8, 4) is 0 Å². The van der Waals surface area contributed by atoms with Crippen LogP contribution >= 0.6 is 0 Å². The van der Waals surface area contributed by atoms with Gasteiger partial charge in [0, 0.05) is 25.4 Å². The normalized spacial score (nSPS) is 11.1. The third-order valence-corrected chi connectivity index (χ3v) is 1.97. The average molecular weight is 181 g/mol. The Morgan fingerprint density at radius 1 is 1.54 bits per heavy atom. The topological polar surface area (TPSA) is 43.8 Å². The van der Waals surface area contributed by atoms with Gasteiger partial charge in [0.25, 0.3) is 0 Å². The third kappa shape index (κ3) is 3.19. The molecule has 0 atom stereocenters. The van der Waals surface area contributed by atoms with Crippen LogP contribution in [0.1, 0.15) is 26.1 Å². The number of aryl methyl sites for hydroxylation is 1. The number of nitrogens with zero attached hydrogens (tertiary/aromatic N) is 2. The lowest BCUT2D eigenvalue weighted by molar-refractivity contribution is 0.504. The lowest BCUT2D eigenvalue weighted by atomic mass is 10.2. The Labute approximate surface area is 80.0 Å². The molecule has 0 spiro atoms. The second-order valence-corrected chi connectivity index (χ2v) is 3.78. The molecule has 1 rings (SSSR count). The molecular formula is C10H19N3. The molecule has 0 saturated carbocycles. The van der Waals surface area contributed by atoms with Crippen LogP contribution in [0.25, 0.3) is 0 Å². The average Bonchev–Trinajstić information content (AvgIpc) is 2.48. The second kappa shape index (κ2) is 5.02. The van der Waals surface area contributed by atoms with E-state index in [0.29, 0.717) is 5.92 Å². The molecule has 3 heteroatoms. The fraction of sp³-hybridized carbons (Fsp3) is 0.700. The van der Waals surface area contributed by atoms with Gasteiger partial charge < -0.3 is 10.3 Å². The lowest BCUT2D eigenvalue weighted by Crippen LogP contribution is -2.09. The first-order chi connectivity index (χ1) is 6.24. The first kappa shape index (κ1) is 10.3. The number of hydrogen-bond donors (Lipinski definition) is 1. The summed E-state index contributed by atoms with van der Waals surface area (Å²) in [5.41, 5.74) is 5.46. The van der Waals surface area contributed by atoms with Gasteiger partial charge in [-0.25, -0.2) is 4.98 Å². The van der Waals surface area contributed by atoms with Crippen LogP contribution in [0.15, 0.2) is 12.4 Å². The van der Waals surface area contributed by atoms with Crippen LogP contribution in [0.4, 0.5) is 0 Å². The zero-order valence-electron chi connectivity index (χ0n) is 8.53. The van der Waals surface area contributed by atoms with E-state index in [1.54, 1.807) is 0 Å². The predicted octanol–water partition coefficient (Wildman–Crippen LogP) is 1.43. The van der Waals surface area contributed by atoms with Gasteiger partial charge in [0.15, 0.2) is 0 Å². The third-order valence-electron chi connectivity index (χ3n) is 1.97. The summed E-state index contributed by atoms with van der Waals surface area (Å²) >= 11 is 0. The molecule has 0 bridgehead atoms. The maximum atomic E-state index is 5.46. The van der Waals surface area contributed by atoms with Gasteiger partial charge in [-0.05, 0) is 18.9 Å². The fourth-order valence-electron chi connectivity index (χ4n) is 1.39. The Kier molecular flexibility index (Phi) is 3.96. The molecule has 3 nitrogen and oxygen atoms in total. The Morgan fingerprint density at radius 2 is 2.31 bits per heavy atom. The zero-order valence-corrected chi connectivity index (χ0v) is 8.53. The first-order valence-electron chi connectivity index (χ1n) is 4.94. The summed E-state index contributed by atoms with van der Waals surface area (Å²) in [4.78, 5) is 4.31. The highest BCUT2D eigenvalue weighted by atomic mass is 15.1. The Hall–Kier alpha value is -0.830. The number of aromatic nitrogens is 2. The van der Waals surface area contributed by atoms with Crippen molar-refractivity contribution in [3.05, 3.63) is 18.2 Å². The summed E-state index contributed by atoms with van der Waals surface area (Å²) in [6.45, 7) is 6.23. The molecule has 1 aromatic heterocycles. The predicted molar refractivity (Wildman–Crippen MR) is 54.4 cm³/mol. The Bertz CT molecular complexity index is 240. The van der Waals surface area contributed by atoms with E-state index in [9.17, 15) is 0 Å². The van der Waals surface area contributed by atoms with Gasteiger partial charge in [0.05, 0.1) is 0 Å². The smallest absolute Gasteiger partial charge is 0.108 e. The first-order valence-corrected chi connectivity index (χ1v) is 4.94. The minimum absolute atomic E-state index is 0.672. The number of nitrogens with two attached hydrogens (primary N) is 1. The molecular weight excluding hydrogens is 162 g/mol. The van der Waals surface area contributed by atoms with Crippen LogP contribution < -0.4 is 5.73 Å². The quantitative estimate of drug-likeness (QED) is 0.746. The molecule has 0 unspecified atom stereocenters. The maximum Gasteiger partial charge on any atom is 0.108 e. The zero-order chi connectivity index (χ0) is 9.68. The van der Waals surface area contributed by atoms with Crippen molar-refractivity contribution in [2.24, 2.45) is 11.7 Å². The number of hydrogen-bond acceptors (Lipinski definition) is 2. The van der Waals surface area contributed by atoms with Gasteiger partial charge in [-0.3, -0.25) is 0 Å². The Balaban J connectivity index is 2.55. The van der Waals surface area contributed by atoms with Crippen molar-refractivity contribution in [2.45, 2.75) is 33.2 Å². The van der Waals surface area contributed by atoms with E-state index < -0.39 is 0 Å². The van der Waals surface area contributed by atoms with E-state index in [1.165, 1.54) is 5.82 Å². The summed E-state index contributed by atoms with van der Waals surface area (Å²) in [6, 6.07) is 0. The van der Waals surface area contributed by atoms with Crippen LogP contribution in [-0.2, 0) is 13.0 Å². The van der Waals surface area contributed by atoms with E-state index in [1.807, 2.05) is 12.4 Å². The lowest BCUT2D eigenvalue weighted by Gasteiger charge is -2.09. The molecule has 0 radical (unpaired) electrons.